The van der Waals surface area contributed by atoms with Crippen molar-refractivity contribution in [2.45, 2.75) is 69.5 Å². The Morgan fingerprint density at radius 2 is 2.08 bits per heavy atom. The van der Waals surface area contributed by atoms with Crippen LogP contribution in [0.5, 0.6) is 0 Å². The van der Waals surface area contributed by atoms with Crippen molar-refractivity contribution in [2.24, 2.45) is 23.7 Å². The second kappa shape index (κ2) is 10.9. The summed E-state index contributed by atoms with van der Waals surface area (Å²) in [6.07, 6.45) is 4.21. The number of likely N-dealkylation sites (tertiary alicyclic amines) is 1. The number of tetrazole rings is 1. The van der Waals surface area contributed by atoms with E-state index in [0.29, 0.717) is 29.8 Å². The first-order valence-corrected chi connectivity index (χ1v) is 15.1. The number of aliphatic carboxylic acids is 1. The zero-order valence-electron chi connectivity index (χ0n) is 22.7. The average molecular weight is 573 g/mol. The Labute approximate surface area is 236 Å². The molecule has 13 nitrogen and oxygen atoms in total. The first-order chi connectivity index (χ1) is 19.2. The highest BCUT2D eigenvalue weighted by Crippen LogP contribution is 2.53. The lowest BCUT2D eigenvalue weighted by Crippen LogP contribution is -2.62. The van der Waals surface area contributed by atoms with Gasteiger partial charge >= 0.3 is 5.97 Å². The molecule has 4 fully saturated rings. The number of aromatic nitrogens is 4. The quantitative estimate of drug-likeness (QED) is 0.334. The van der Waals surface area contributed by atoms with Crippen LogP contribution < -0.4 is 10.6 Å². The summed E-state index contributed by atoms with van der Waals surface area (Å²) in [4.78, 5) is 55.8. The van der Waals surface area contributed by atoms with E-state index >= 15 is 0 Å². The number of rotatable bonds is 9. The van der Waals surface area contributed by atoms with Crippen LogP contribution in [0.1, 0.15) is 39.5 Å². The van der Waals surface area contributed by atoms with Gasteiger partial charge in [0.15, 0.2) is 5.78 Å². The number of nitrogens with zero attached hydrogens (tertiary/aromatic N) is 6. The molecule has 5 aliphatic rings. The van der Waals surface area contributed by atoms with Gasteiger partial charge in [0.05, 0.1) is 18.0 Å². The number of thioether (sulfide) groups is 1. The molecule has 8 atom stereocenters. The Morgan fingerprint density at radius 3 is 2.83 bits per heavy atom. The summed E-state index contributed by atoms with van der Waals surface area (Å²) < 4.78 is 1.35. The third kappa shape index (κ3) is 4.73. The van der Waals surface area contributed by atoms with Crippen LogP contribution >= 0.6 is 11.8 Å². The minimum Gasteiger partial charge on any atom is -0.477 e. The molecule has 3 N–H and O–H groups in total. The Balaban J connectivity index is 1.10. The van der Waals surface area contributed by atoms with E-state index in [-0.39, 0.29) is 65.4 Å². The zero-order valence-corrected chi connectivity index (χ0v) is 23.5. The molecule has 216 valence electrons. The molecule has 14 heteroatoms. The van der Waals surface area contributed by atoms with Crippen molar-refractivity contribution in [3.8, 4) is 0 Å². The predicted molar refractivity (Wildman–Crippen MR) is 143 cm³/mol. The lowest BCUT2D eigenvalue weighted by atomic mass is 9.73. The van der Waals surface area contributed by atoms with Gasteiger partial charge in [0.25, 0.3) is 0 Å². The lowest BCUT2D eigenvalue weighted by molar-refractivity contribution is -0.160. The molecule has 0 aliphatic carbocycles. The SMILES string of the molecule is C[C@@H](CC(=O)Cn1cnnn1)[C@H]1C(=O)N2C(C(=O)O)=C(S[C@@H]3CN[C@H](C(=O)N4CCC5CNCCC54)C3)[C@H](C)[C@H]12. The van der Waals surface area contributed by atoms with Gasteiger partial charge in [-0.05, 0) is 54.6 Å². The van der Waals surface area contributed by atoms with E-state index in [4.69, 9.17) is 0 Å². The monoisotopic (exact) mass is 572 g/mol. The number of carbonyl (C=O) groups is 4. The maximum absolute atomic E-state index is 13.4. The van der Waals surface area contributed by atoms with Gasteiger partial charge in [0.2, 0.25) is 11.8 Å². The van der Waals surface area contributed by atoms with Gasteiger partial charge < -0.3 is 25.5 Å². The summed E-state index contributed by atoms with van der Waals surface area (Å²) in [5.41, 5.74) is 0.0582. The minimum absolute atomic E-state index is 0.0339. The molecule has 6 rings (SSSR count). The van der Waals surface area contributed by atoms with E-state index in [1.165, 1.54) is 27.7 Å². The highest BCUT2D eigenvalue weighted by Gasteiger charge is 2.60. The van der Waals surface area contributed by atoms with Crippen LogP contribution in [0.15, 0.2) is 16.9 Å². The highest BCUT2D eigenvalue weighted by atomic mass is 32.2. The van der Waals surface area contributed by atoms with Crippen molar-refractivity contribution in [3.05, 3.63) is 16.9 Å². The van der Waals surface area contributed by atoms with E-state index in [0.717, 1.165) is 32.5 Å². The second-order valence-corrected chi connectivity index (χ2v) is 13.2. The molecule has 40 heavy (non-hydrogen) atoms. The van der Waals surface area contributed by atoms with Crippen molar-refractivity contribution in [1.82, 2.24) is 40.6 Å². The predicted octanol–water partition coefficient (Wildman–Crippen LogP) is -0.285. The molecule has 0 aromatic carbocycles. The smallest absolute Gasteiger partial charge is 0.353 e. The molecular weight excluding hydrogens is 536 g/mol. The van der Waals surface area contributed by atoms with Crippen molar-refractivity contribution < 1.29 is 24.3 Å². The summed E-state index contributed by atoms with van der Waals surface area (Å²) in [7, 11) is 0. The second-order valence-electron chi connectivity index (χ2n) is 11.8. The number of carbonyl (C=O) groups excluding carboxylic acids is 3. The Hall–Kier alpha value is -2.84. The van der Waals surface area contributed by atoms with Gasteiger partial charge in [0, 0.05) is 41.6 Å². The zero-order chi connectivity index (χ0) is 28.1. The summed E-state index contributed by atoms with van der Waals surface area (Å²) in [6, 6.07) is -0.244. The summed E-state index contributed by atoms with van der Waals surface area (Å²) in [5.74, 6) is -1.59. The number of hydrogen-bond acceptors (Lipinski definition) is 10. The number of amides is 2. The number of piperidine rings is 1. The van der Waals surface area contributed by atoms with Crippen LogP contribution in [0.3, 0.4) is 0 Å². The third-order valence-corrected chi connectivity index (χ3v) is 10.9. The normalized spacial score (nSPS) is 34.0. The first-order valence-electron chi connectivity index (χ1n) is 14.2. The lowest BCUT2D eigenvalue weighted by Gasteiger charge is -2.47. The van der Waals surface area contributed by atoms with Crippen molar-refractivity contribution >= 4 is 35.3 Å². The topological polar surface area (TPSA) is 163 Å². The van der Waals surface area contributed by atoms with Gasteiger partial charge in [-0.1, -0.05) is 13.8 Å². The maximum Gasteiger partial charge on any atom is 0.353 e. The highest BCUT2D eigenvalue weighted by molar-refractivity contribution is 8.03. The molecule has 0 bridgehead atoms. The van der Waals surface area contributed by atoms with Crippen molar-refractivity contribution in [2.75, 3.05) is 26.2 Å². The van der Waals surface area contributed by atoms with E-state index in [9.17, 15) is 24.3 Å². The van der Waals surface area contributed by atoms with Crippen LogP contribution in [-0.4, -0.2) is 108 Å². The summed E-state index contributed by atoms with van der Waals surface area (Å²) in [5, 5.41) is 27.8. The van der Waals surface area contributed by atoms with Crippen molar-refractivity contribution in [3.63, 3.8) is 0 Å². The molecule has 2 unspecified atom stereocenters. The fourth-order valence-electron chi connectivity index (χ4n) is 7.47. The number of hydrogen-bond donors (Lipinski definition) is 3. The molecule has 5 aliphatic heterocycles. The number of fused-ring (bicyclic) bond motifs is 2. The Bertz CT molecular complexity index is 1220. The van der Waals surface area contributed by atoms with Crippen LogP contribution in [0.25, 0.3) is 0 Å². The first kappa shape index (κ1) is 27.3. The van der Waals surface area contributed by atoms with Crippen LogP contribution in [0.4, 0.5) is 0 Å². The Kier molecular flexibility index (Phi) is 7.42. The molecule has 1 aromatic rings. The average Bonchev–Trinajstić information content (AvgIpc) is 3.71. The fraction of sp³-hybridized carbons (Fsp3) is 0.731. The minimum atomic E-state index is -1.11. The molecule has 2 amide bonds. The number of ketones is 1. The molecule has 4 saturated heterocycles. The van der Waals surface area contributed by atoms with E-state index in [2.05, 4.69) is 31.1 Å². The third-order valence-electron chi connectivity index (χ3n) is 9.36. The van der Waals surface area contributed by atoms with E-state index in [1.807, 2.05) is 13.8 Å². The largest absolute Gasteiger partial charge is 0.477 e. The van der Waals surface area contributed by atoms with Crippen molar-refractivity contribution in [1.29, 1.82) is 0 Å². The fourth-order valence-corrected chi connectivity index (χ4v) is 8.95. The van der Waals surface area contributed by atoms with Gasteiger partial charge in [0.1, 0.15) is 18.6 Å². The van der Waals surface area contributed by atoms with Gasteiger partial charge in [-0.3, -0.25) is 14.4 Å². The molecular formula is C26H36N8O5S. The van der Waals surface area contributed by atoms with Gasteiger partial charge in [-0.2, -0.15) is 0 Å². The molecule has 1 aromatic heterocycles. The number of nitrogens with one attached hydrogen (secondary N) is 2. The standard InChI is InChI=1S/C26H36N8O5S/c1-13(7-16(35)11-32-12-29-30-31-32)20-21-14(2)23(22(26(38)39)34(21)25(20)37)40-17-8-18(28-10-17)24(36)33-6-4-15-9-27-5-3-19(15)33/h12-15,17-21,27-28H,3-11H2,1-2H3,(H,38,39)/t13-,14+,15?,17-,18-,19?,20+,21+/m0/s1. The van der Waals surface area contributed by atoms with Crippen LogP contribution in [-0.2, 0) is 25.7 Å². The maximum atomic E-state index is 13.4. The molecule has 6 heterocycles. The number of carboxylic acid groups (broad SMARTS) is 1. The van der Waals surface area contributed by atoms with Crippen LogP contribution in [0.2, 0.25) is 0 Å². The summed E-state index contributed by atoms with van der Waals surface area (Å²) in [6.45, 7) is 7.20. The van der Waals surface area contributed by atoms with Crippen LogP contribution in [0, 0.1) is 23.7 Å². The summed E-state index contributed by atoms with van der Waals surface area (Å²) >= 11 is 1.50. The number of β-lactam (4-membered cyclic amide) rings is 1. The number of Topliss-reactive ketones (excluding diaryl/α,β-unsaturated/α-hetero) is 1. The molecule has 0 spiro atoms. The number of carboxylic acids is 1. The molecule has 0 radical (unpaired) electrons. The van der Waals surface area contributed by atoms with E-state index in [1.54, 1.807) is 0 Å². The van der Waals surface area contributed by atoms with Gasteiger partial charge in [-0.25, -0.2) is 9.48 Å². The van der Waals surface area contributed by atoms with Gasteiger partial charge in [-0.15, -0.1) is 16.9 Å². The molecule has 0 saturated carbocycles. The van der Waals surface area contributed by atoms with E-state index < -0.39 is 11.9 Å². The Morgan fingerprint density at radius 1 is 1.25 bits per heavy atom.